The monoisotopic (exact) mass is 299 g/mol. The van der Waals surface area contributed by atoms with Crippen molar-refractivity contribution in [1.29, 1.82) is 0 Å². The Morgan fingerprint density at radius 2 is 2.14 bits per heavy atom. The zero-order valence-corrected chi connectivity index (χ0v) is 12.8. The van der Waals surface area contributed by atoms with Gasteiger partial charge in [0.05, 0.1) is 6.54 Å². The summed E-state index contributed by atoms with van der Waals surface area (Å²) >= 11 is 0. The lowest BCUT2D eigenvalue weighted by Crippen LogP contribution is -2.42. The van der Waals surface area contributed by atoms with Crippen LogP contribution in [0.15, 0.2) is 40.8 Å². The zero-order chi connectivity index (χ0) is 15.6. The van der Waals surface area contributed by atoms with E-state index in [0.717, 1.165) is 36.1 Å². The molecule has 0 saturated carbocycles. The van der Waals surface area contributed by atoms with Crippen LogP contribution in [-0.4, -0.2) is 17.6 Å². The molecule has 4 nitrogen and oxygen atoms in total. The molecule has 0 radical (unpaired) electrons. The molecular formula is C18H21NO3. The molecule has 1 aromatic carbocycles. The van der Waals surface area contributed by atoms with Gasteiger partial charge in [-0.15, -0.1) is 0 Å². The van der Waals surface area contributed by atoms with Crippen LogP contribution < -0.4 is 5.32 Å². The third kappa shape index (κ3) is 2.79. The Hall–Kier alpha value is -2.07. The Labute approximate surface area is 130 Å². The lowest BCUT2D eigenvalue weighted by molar-refractivity contribution is 0.0186. The number of nitrogens with one attached hydrogen (secondary N) is 1. The smallest absolute Gasteiger partial charge is 0.287 e. The van der Waals surface area contributed by atoms with Crippen molar-refractivity contribution in [3.05, 3.63) is 59.0 Å². The van der Waals surface area contributed by atoms with Gasteiger partial charge in [0, 0.05) is 6.42 Å². The lowest BCUT2D eigenvalue weighted by Gasteiger charge is -2.34. The molecule has 1 aliphatic rings. The molecule has 4 heteroatoms. The maximum absolute atomic E-state index is 12.2. The van der Waals surface area contributed by atoms with E-state index < -0.39 is 5.60 Å². The van der Waals surface area contributed by atoms with Crippen LogP contribution in [0.5, 0.6) is 0 Å². The number of hydrogen-bond acceptors (Lipinski definition) is 3. The van der Waals surface area contributed by atoms with Crippen LogP contribution in [0.1, 0.15) is 47.2 Å². The Balaban J connectivity index is 1.72. The van der Waals surface area contributed by atoms with E-state index in [4.69, 9.17) is 4.42 Å². The number of amides is 1. The summed E-state index contributed by atoms with van der Waals surface area (Å²) in [5.74, 6) is 0.799. The van der Waals surface area contributed by atoms with E-state index in [-0.39, 0.29) is 12.5 Å². The Morgan fingerprint density at radius 1 is 1.32 bits per heavy atom. The minimum Gasteiger partial charge on any atom is -0.456 e. The van der Waals surface area contributed by atoms with Gasteiger partial charge >= 0.3 is 0 Å². The predicted octanol–water partition coefficient (Wildman–Crippen LogP) is 2.80. The van der Waals surface area contributed by atoms with Crippen LogP contribution in [-0.2, 0) is 18.4 Å². The highest BCUT2D eigenvalue weighted by atomic mass is 16.3. The molecule has 0 fully saturated rings. The molecular weight excluding hydrogens is 278 g/mol. The normalized spacial score (nSPS) is 20.5. The molecule has 1 heterocycles. The van der Waals surface area contributed by atoms with Crippen LogP contribution in [0.25, 0.3) is 0 Å². The molecule has 1 atom stereocenters. The summed E-state index contributed by atoms with van der Waals surface area (Å²) in [5.41, 5.74) is 1.09. The summed E-state index contributed by atoms with van der Waals surface area (Å²) in [6.07, 6.45) is 3.31. The van der Waals surface area contributed by atoms with Crippen LogP contribution in [0, 0.1) is 0 Å². The first-order valence-corrected chi connectivity index (χ1v) is 7.80. The van der Waals surface area contributed by atoms with E-state index in [1.54, 1.807) is 12.1 Å². The fraction of sp³-hybridized carbons (Fsp3) is 0.389. The molecule has 0 spiro atoms. The third-order valence-corrected chi connectivity index (χ3v) is 4.33. The highest BCUT2D eigenvalue weighted by Crippen LogP contribution is 2.34. The maximum atomic E-state index is 12.2. The van der Waals surface area contributed by atoms with Crippen LogP contribution in [0.2, 0.25) is 0 Å². The molecule has 0 aliphatic heterocycles. The molecule has 1 amide bonds. The standard InChI is InChI=1S/C18H21NO3/c1-2-14-9-10-16(22-14)17(20)19-12-18(21)11-5-7-13-6-3-4-8-15(13)18/h3-4,6,8-10,21H,2,5,7,11-12H2,1H3,(H,19,20). The van der Waals surface area contributed by atoms with Gasteiger partial charge in [-0.05, 0) is 42.5 Å². The molecule has 1 unspecified atom stereocenters. The summed E-state index contributed by atoms with van der Waals surface area (Å²) in [4.78, 5) is 12.2. The summed E-state index contributed by atoms with van der Waals surface area (Å²) in [6, 6.07) is 11.4. The number of rotatable bonds is 4. The Morgan fingerprint density at radius 3 is 2.91 bits per heavy atom. The van der Waals surface area contributed by atoms with Gasteiger partial charge in [-0.2, -0.15) is 0 Å². The van der Waals surface area contributed by atoms with Crippen molar-refractivity contribution in [2.45, 2.75) is 38.2 Å². The molecule has 1 aliphatic carbocycles. The van der Waals surface area contributed by atoms with Crippen LogP contribution >= 0.6 is 0 Å². The van der Waals surface area contributed by atoms with E-state index in [1.807, 2.05) is 31.2 Å². The molecule has 1 aromatic heterocycles. The van der Waals surface area contributed by atoms with Gasteiger partial charge in [0.1, 0.15) is 11.4 Å². The van der Waals surface area contributed by atoms with Crippen molar-refractivity contribution in [2.75, 3.05) is 6.54 Å². The number of carbonyl (C=O) groups excluding carboxylic acids is 1. The fourth-order valence-corrected chi connectivity index (χ4v) is 3.09. The number of fused-ring (bicyclic) bond motifs is 1. The van der Waals surface area contributed by atoms with E-state index in [9.17, 15) is 9.90 Å². The first-order chi connectivity index (χ1) is 10.6. The highest BCUT2D eigenvalue weighted by Gasteiger charge is 2.34. The average molecular weight is 299 g/mol. The molecule has 22 heavy (non-hydrogen) atoms. The van der Waals surface area contributed by atoms with Crippen molar-refractivity contribution in [2.24, 2.45) is 0 Å². The van der Waals surface area contributed by atoms with Gasteiger partial charge < -0.3 is 14.8 Å². The number of aryl methyl sites for hydroxylation is 2. The quantitative estimate of drug-likeness (QED) is 0.912. The third-order valence-electron chi connectivity index (χ3n) is 4.33. The minimum absolute atomic E-state index is 0.199. The molecule has 116 valence electrons. The molecule has 0 bridgehead atoms. The van der Waals surface area contributed by atoms with Crippen LogP contribution in [0.4, 0.5) is 0 Å². The van der Waals surface area contributed by atoms with Crippen molar-refractivity contribution in [3.63, 3.8) is 0 Å². The topological polar surface area (TPSA) is 62.5 Å². The van der Waals surface area contributed by atoms with Gasteiger partial charge in [0.25, 0.3) is 5.91 Å². The molecule has 2 aromatic rings. The van der Waals surface area contributed by atoms with Gasteiger partial charge in [-0.1, -0.05) is 31.2 Å². The molecule has 3 rings (SSSR count). The van der Waals surface area contributed by atoms with Crippen molar-refractivity contribution < 1.29 is 14.3 Å². The minimum atomic E-state index is -0.995. The van der Waals surface area contributed by atoms with Gasteiger partial charge in [0.15, 0.2) is 5.76 Å². The van der Waals surface area contributed by atoms with Crippen molar-refractivity contribution in [3.8, 4) is 0 Å². The number of furan rings is 1. The van der Waals surface area contributed by atoms with E-state index in [2.05, 4.69) is 5.32 Å². The van der Waals surface area contributed by atoms with Gasteiger partial charge in [-0.3, -0.25) is 4.79 Å². The van der Waals surface area contributed by atoms with Gasteiger partial charge in [-0.25, -0.2) is 0 Å². The van der Waals surface area contributed by atoms with Crippen LogP contribution in [0.3, 0.4) is 0 Å². The second kappa shape index (κ2) is 5.97. The SMILES string of the molecule is CCc1ccc(C(=O)NCC2(O)CCCc3ccccc32)o1. The molecule has 0 saturated heterocycles. The number of aliphatic hydroxyl groups is 1. The highest BCUT2D eigenvalue weighted by molar-refractivity contribution is 5.91. The van der Waals surface area contributed by atoms with Crippen molar-refractivity contribution in [1.82, 2.24) is 5.32 Å². The number of hydrogen-bond donors (Lipinski definition) is 2. The Bertz CT molecular complexity index is 676. The lowest BCUT2D eigenvalue weighted by atomic mass is 9.79. The summed E-state index contributed by atoms with van der Waals surface area (Å²) in [6.45, 7) is 2.17. The number of benzene rings is 1. The largest absolute Gasteiger partial charge is 0.456 e. The average Bonchev–Trinajstić information content (AvgIpc) is 3.02. The molecule has 2 N–H and O–H groups in total. The summed E-state index contributed by atoms with van der Waals surface area (Å²) in [5, 5.41) is 13.7. The first-order valence-electron chi connectivity index (χ1n) is 7.80. The Kier molecular flexibility index (Phi) is 4.03. The first kappa shape index (κ1) is 14.9. The van der Waals surface area contributed by atoms with Gasteiger partial charge in [0.2, 0.25) is 0 Å². The second-order valence-electron chi connectivity index (χ2n) is 5.84. The van der Waals surface area contributed by atoms with E-state index >= 15 is 0 Å². The summed E-state index contributed by atoms with van der Waals surface area (Å²) in [7, 11) is 0. The fourth-order valence-electron chi connectivity index (χ4n) is 3.09. The summed E-state index contributed by atoms with van der Waals surface area (Å²) < 4.78 is 5.44. The van der Waals surface area contributed by atoms with Crippen molar-refractivity contribution >= 4 is 5.91 Å². The number of carbonyl (C=O) groups is 1. The van der Waals surface area contributed by atoms with E-state index in [0.29, 0.717) is 12.2 Å². The predicted molar refractivity (Wildman–Crippen MR) is 83.7 cm³/mol. The zero-order valence-electron chi connectivity index (χ0n) is 12.8. The maximum Gasteiger partial charge on any atom is 0.287 e. The second-order valence-corrected chi connectivity index (χ2v) is 5.84. The van der Waals surface area contributed by atoms with E-state index in [1.165, 1.54) is 0 Å².